The summed E-state index contributed by atoms with van der Waals surface area (Å²) in [7, 11) is 0. The number of rotatable bonds is 6. The van der Waals surface area contributed by atoms with Crippen LogP contribution < -0.4 is 5.32 Å². The van der Waals surface area contributed by atoms with E-state index < -0.39 is 0 Å². The Morgan fingerprint density at radius 3 is 2.81 bits per heavy atom. The van der Waals surface area contributed by atoms with Crippen LogP contribution >= 0.6 is 0 Å². The lowest BCUT2D eigenvalue weighted by molar-refractivity contribution is -0.132. The van der Waals surface area contributed by atoms with Crippen molar-refractivity contribution >= 4 is 11.7 Å². The van der Waals surface area contributed by atoms with Crippen molar-refractivity contribution in [2.75, 3.05) is 51.3 Å². The van der Waals surface area contributed by atoms with Gasteiger partial charge in [0.2, 0.25) is 5.91 Å². The van der Waals surface area contributed by atoms with Gasteiger partial charge in [-0.3, -0.25) is 9.69 Å². The molecule has 2 saturated heterocycles. The molecule has 0 spiro atoms. The zero-order valence-corrected chi connectivity index (χ0v) is 15.6. The van der Waals surface area contributed by atoms with E-state index in [0.717, 1.165) is 63.2 Å². The number of ether oxygens (including phenoxy) is 1. The summed E-state index contributed by atoms with van der Waals surface area (Å²) in [6, 6.07) is 2.32. The minimum Gasteiger partial charge on any atom is -0.379 e. The average molecular weight is 359 g/mol. The Morgan fingerprint density at radius 1 is 1.27 bits per heavy atom. The smallest absolute Gasteiger partial charge is 0.236 e. The van der Waals surface area contributed by atoms with Gasteiger partial charge in [-0.25, -0.2) is 9.97 Å². The first kappa shape index (κ1) is 17.7. The quantitative estimate of drug-likeness (QED) is 0.818. The Labute approximate surface area is 155 Å². The normalized spacial score (nSPS) is 26.9. The van der Waals surface area contributed by atoms with E-state index in [1.807, 2.05) is 6.07 Å². The third-order valence-electron chi connectivity index (χ3n) is 5.83. The molecule has 1 aromatic rings. The van der Waals surface area contributed by atoms with Gasteiger partial charge in [0, 0.05) is 49.9 Å². The fourth-order valence-electron chi connectivity index (χ4n) is 4.10. The summed E-state index contributed by atoms with van der Waals surface area (Å²) in [4.78, 5) is 25.7. The third-order valence-corrected chi connectivity index (χ3v) is 5.83. The van der Waals surface area contributed by atoms with Gasteiger partial charge in [-0.2, -0.15) is 0 Å². The molecule has 1 aliphatic carbocycles. The first-order valence-electron chi connectivity index (χ1n) is 9.88. The largest absolute Gasteiger partial charge is 0.379 e. The molecule has 0 radical (unpaired) electrons. The number of nitrogens with one attached hydrogen (secondary N) is 1. The predicted molar refractivity (Wildman–Crippen MR) is 98.9 cm³/mol. The molecule has 0 aromatic carbocycles. The van der Waals surface area contributed by atoms with Crippen molar-refractivity contribution < 1.29 is 9.53 Å². The van der Waals surface area contributed by atoms with Gasteiger partial charge < -0.3 is 15.0 Å². The topological polar surface area (TPSA) is 70.6 Å². The highest BCUT2D eigenvalue weighted by Crippen LogP contribution is 2.42. The lowest BCUT2D eigenvalue weighted by Gasteiger charge is -2.28. The summed E-state index contributed by atoms with van der Waals surface area (Å²) < 4.78 is 5.38. The van der Waals surface area contributed by atoms with Crippen LogP contribution in [0.1, 0.15) is 25.5 Å². The molecule has 2 atom stereocenters. The summed E-state index contributed by atoms with van der Waals surface area (Å²) >= 11 is 0. The zero-order valence-electron chi connectivity index (χ0n) is 15.6. The summed E-state index contributed by atoms with van der Waals surface area (Å²) in [5.41, 5.74) is 1.05. The Hall–Kier alpha value is -1.73. The van der Waals surface area contributed by atoms with Crippen LogP contribution in [0.5, 0.6) is 0 Å². The average Bonchev–Trinajstić information content (AvgIpc) is 3.43. The van der Waals surface area contributed by atoms with Crippen LogP contribution in [0.15, 0.2) is 12.4 Å². The second-order valence-corrected chi connectivity index (χ2v) is 7.69. The maximum Gasteiger partial charge on any atom is 0.236 e. The summed E-state index contributed by atoms with van der Waals surface area (Å²) in [6.45, 7) is 7.43. The van der Waals surface area contributed by atoms with E-state index in [9.17, 15) is 4.79 Å². The molecule has 1 saturated carbocycles. The molecule has 2 aliphatic heterocycles. The molecule has 7 heteroatoms. The van der Waals surface area contributed by atoms with Crippen molar-refractivity contribution in [1.29, 1.82) is 0 Å². The van der Waals surface area contributed by atoms with Gasteiger partial charge >= 0.3 is 0 Å². The number of aromatic nitrogens is 2. The molecule has 1 N–H and O–H groups in total. The summed E-state index contributed by atoms with van der Waals surface area (Å²) in [5.74, 6) is 2.42. The number of carbonyl (C=O) groups is 1. The second kappa shape index (κ2) is 7.88. The predicted octanol–water partition coefficient (Wildman–Crippen LogP) is 1.02. The Morgan fingerprint density at radius 2 is 2.08 bits per heavy atom. The molecule has 4 rings (SSSR count). The van der Waals surface area contributed by atoms with Gasteiger partial charge in [0.1, 0.15) is 12.1 Å². The van der Waals surface area contributed by atoms with Crippen molar-refractivity contribution in [3.05, 3.63) is 18.1 Å². The number of hydrogen-bond donors (Lipinski definition) is 1. The van der Waals surface area contributed by atoms with Gasteiger partial charge in [-0.1, -0.05) is 6.92 Å². The standard InChI is InChI=1S/C19H29N5O2/c1-2-15-9-18(21-13-20-15)22-17-11-24(10-16(17)14-3-4-14)19(25)12-23-5-7-26-8-6-23/h9,13-14,16-17H,2-8,10-12H2,1H3,(H,20,21,22)/t16-,17+/m1/s1. The lowest BCUT2D eigenvalue weighted by Crippen LogP contribution is -2.44. The number of nitrogens with zero attached hydrogens (tertiary/aromatic N) is 4. The SMILES string of the molecule is CCc1cc(N[C@H]2CN(C(=O)CN3CCOCC3)C[C@@H]2C2CC2)ncn1. The Bertz CT molecular complexity index is 630. The van der Waals surface area contributed by atoms with Gasteiger partial charge in [0.25, 0.3) is 0 Å². The maximum atomic E-state index is 12.8. The van der Waals surface area contributed by atoms with Crippen molar-refractivity contribution in [1.82, 2.24) is 19.8 Å². The van der Waals surface area contributed by atoms with Crippen molar-refractivity contribution in [2.24, 2.45) is 11.8 Å². The van der Waals surface area contributed by atoms with E-state index >= 15 is 0 Å². The fraction of sp³-hybridized carbons (Fsp3) is 0.737. The molecule has 7 nitrogen and oxygen atoms in total. The number of likely N-dealkylation sites (tertiary alicyclic amines) is 1. The molecule has 3 fully saturated rings. The van der Waals surface area contributed by atoms with Gasteiger partial charge in [0.15, 0.2) is 0 Å². The number of amides is 1. The molecular weight excluding hydrogens is 330 g/mol. The summed E-state index contributed by atoms with van der Waals surface area (Å²) in [6.07, 6.45) is 5.11. The third kappa shape index (κ3) is 4.15. The van der Waals surface area contributed by atoms with Crippen molar-refractivity contribution in [3.8, 4) is 0 Å². The van der Waals surface area contributed by atoms with Crippen LogP contribution in [0.3, 0.4) is 0 Å². The molecule has 0 unspecified atom stereocenters. The van der Waals surface area contributed by atoms with Crippen LogP contribution in [0.2, 0.25) is 0 Å². The highest BCUT2D eigenvalue weighted by atomic mass is 16.5. The fourth-order valence-corrected chi connectivity index (χ4v) is 4.10. The van der Waals surface area contributed by atoms with Gasteiger partial charge in [0.05, 0.1) is 19.8 Å². The number of aryl methyl sites for hydroxylation is 1. The van der Waals surface area contributed by atoms with E-state index in [1.165, 1.54) is 12.8 Å². The van der Waals surface area contributed by atoms with E-state index in [4.69, 9.17) is 4.74 Å². The monoisotopic (exact) mass is 359 g/mol. The molecule has 1 amide bonds. The van der Waals surface area contributed by atoms with E-state index in [2.05, 4.69) is 32.0 Å². The van der Waals surface area contributed by atoms with E-state index in [1.54, 1.807) is 6.33 Å². The Kier molecular flexibility index (Phi) is 5.36. The van der Waals surface area contributed by atoms with Crippen LogP contribution in [-0.4, -0.2) is 77.7 Å². The van der Waals surface area contributed by atoms with Crippen LogP contribution in [0, 0.1) is 11.8 Å². The van der Waals surface area contributed by atoms with Crippen LogP contribution in [-0.2, 0) is 16.0 Å². The maximum absolute atomic E-state index is 12.8. The minimum absolute atomic E-state index is 0.249. The molecule has 3 aliphatic rings. The van der Waals surface area contributed by atoms with Crippen LogP contribution in [0.4, 0.5) is 5.82 Å². The van der Waals surface area contributed by atoms with Gasteiger partial charge in [-0.15, -0.1) is 0 Å². The van der Waals surface area contributed by atoms with Crippen LogP contribution in [0.25, 0.3) is 0 Å². The first-order chi connectivity index (χ1) is 12.7. The summed E-state index contributed by atoms with van der Waals surface area (Å²) in [5, 5.41) is 3.60. The Balaban J connectivity index is 1.39. The first-order valence-corrected chi connectivity index (χ1v) is 9.88. The highest BCUT2D eigenvalue weighted by molar-refractivity contribution is 5.78. The van der Waals surface area contributed by atoms with Crippen molar-refractivity contribution in [2.45, 2.75) is 32.2 Å². The molecule has 1 aromatic heterocycles. The van der Waals surface area contributed by atoms with E-state index in [0.29, 0.717) is 12.5 Å². The number of hydrogen-bond acceptors (Lipinski definition) is 6. The molecular formula is C19H29N5O2. The molecule has 142 valence electrons. The zero-order chi connectivity index (χ0) is 17.9. The highest BCUT2D eigenvalue weighted by Gasteiger charge is 2.44. The number of morpholine rings is 1. The number of carbonyl (C=O) groups excluding carboxylic acids is 1. The molecule has 0 bridgehead atoms. The van der Waals surface area contributed by atoms with Gasteiger partial charge in [-0.05, 0) is 25.2 Å². The molecule has 3 heterocycles. The minimum atomic E-state index is 0.249. The second-order valence-electron chi connectivity index (χ2n) is 7.69. The number of anilines is 1. The molecule has 26 heavy (non-hydrogen) atoms. The van der Waals surface area contributed by atoms with E-state index in [-0.39, 0.29) is 11.9 Å². The van der Waals surface area contributed by atoms with Crippen molar-refractivity contribution in [3.63, 3.8) is 0 Å². The lowest BCUT2D eigenvalue weighted by atomic mass is 9.98.